The third kappa shape index (κ3) is 10.1. The summed E-state index contributed by atoms with van der Waals surface area (Å²) in [5.41, 5.74) is 12.8. The number of hydrogen-bond acceptors (Lipinski definition) is 8. The summed E-state index contributed by atoms with van der Waals surface area (Å²) in [6.07, 6.45) is 3.48. The summed E-state index contributed by atoms with van der Waals surface area (Å²) in [4.78, 5) is 0. The maximum absolute atomic E-state index is 16.6. The van der Waals surface area contributed by atoms with Crippen LogP contribution in [0.2, 0.25) is 0 Å². The number of aryl methyl sites for hydroxylation is 10. The van der Waals surface area contributed by atoms with Crippen LogP contribution in [0.1, 0.15) is 73.7 Å². The quantitative estimate of drug-likeness (QED) is 0.0659. The van der Waals surface area contributed by atoms with E-state index in [4.69, 9.17) is 32.9 Å². The molecule has 382 valence electrons. The summed E-state index contributed by atoms with van der Waals surface area (Å²) >= 11 is 0. The highest BCUT2D eigenvalue weighted by atomic mass is 31.2. The van der Waals surface area contributed by atoms with Gasteiger partial charge in [0.2, 0.25) is 0 Å². The average Bonchev–Trinajstić information content (AvgIpc) is 3.37. The van der Waals surface area contributed by atoms with Crippen molar-refractivity contribution >= 4 is 12.7 Å². The molecule has 9 heteroatoms. The number of ether oxygens (including phenoxy) is 6. The van der Waals surface area contributed by atoms with Crippen LogP contribution in [0.3, 0.4) is 0 Å². The standard InChI is InChI=1S/C66H65O8P/c1-14-28-68-61-42(5)32-54(33-43(61)6)72-64-46(9)36-53(37-47(64)10)70-52-26-24-50(25-27-52)66(13,75(67)60-23-19-17-21-58(60)57-20-16-18-22-59(57)74-75)51-30-40(3)63(41(4)31-51)71-56-38-48(11)65(49(12)39-56)73-55-34-44(7)62(45(8)35-55)69-29-15-2/h14-27,30-39H,1-2,28-29H2,3-13H3. The Kier molecular flexibility index (Phi) is 14.6. The van der Waals surface area contributed by atoms with E-state index in [9.17, 15) is 0 Å². The first-order valence-electron chi connectivity index (χ1n) is 25.3. The van der Waals surface area contributed by atoms with E-state index in [2.05, 4.69) is 25.3 Å². The van der Waals surface area contributed by atoms with Crippen LogP contribution in [0.4, 0.5) is 0 Å². The van der Waals surface area contributed by atoms with Gasteiger partial charge < -0.3 is 32.9 Å². The molecule has 1 aliphatic heterocycles. The summed E-state index contributed by atoms with van der Waals surface area (Å²) in [6, 6.07) is 43.7. The van der Waals surface area contributed by atoms with Crippen LogP contribution in [0, 0.1) is 69.2 Å². The summed E-state index contributed by atoms with van der Waals surface area (Å²) in [5.74, 6) is 7.94. The van der Waals surface area contributed by atoms with Gasteiger partial charge in [-0.25, -0.2) is 0 Å². The van der Waals surface area contributed by atoms with Crippen molar-refractivity contribution in [3.05, 3.63) is 226 Å². The molecule has 0 bridgehead atoms. The molecule has 0 radical (unpaired) electrons. The Bertz CT molecular complexity index is 3460. The fourth-order valence-electron chi connectivity index (χ4n) is 10.4. The lowest BCUT2D eigenvalue weighted by Gasteiger charge is -2.42. The summed E-state index contributed by atoms with van der Waals surface area (Å²) in [5, 5.41) is -0.533. The minimum atomic E-state index is -3.86. The van der Waals surface area contributed by atoms with Crippen molar-refractivity contribution in [2.24, 2.45) is 0 Å². The Hall–Kier alpha value is -7.93. The smallest absolute Gasteiger partial charge is 0.292 e. The normalized spacial score (nSPS) is 14.3. The van der Waals surface area contributed by atoms with Gasteiger partial charge in [0.05, 0.1) is 5.30 Å². The topological polar surface area (TPSA) is 81.7 Å². The van der Waals surface area contributed by atoms with Gasteiger partial charge in [-0.15, -0.1) is 0 Å². The highest BCUT2D eigenvalue weighted by Crippen LogP contribution is 2.69. The lowest BCUT2D eigenvalue weighted by molar-refractivity contribution is 0.357. The summed E-state index contributed by atoms with van der Waals surface area (Å²) in [6.45, 7) is 30.7. The average molecular weight is 1020 g/mol. The molecule has 8 aromatic rings. The summed E-state index contributed by atoms with van der Waals surface area (Å²) < 4.78 is 61.6. The van der Waals surface area contributed by atoms with E-state index in [1.807, 2.05) is 197 Å². The Morgan fingerprint density at radius 3 is 1.21 bits per heavy atom. The monoisotopic (exact) mass is 1020 g/mol. The van der Waals surface area contributed by atoms with Gasteiger partial charge in [0.15, 0.2) is 0 Å². The molecule has 0 aromatic heterocycles. The molecule has 8 aromatic carbocycles. The Morgan fingerprint density at radius 2 is 0.787 bits per heavy atom. The molecule has 0 saturated carbocycles. The van der Waals surface area contributed by atoms with Crippen molar-refractivity contribution in [3.8, 4) is 74.4 Å². The maximum atomic E-state index is 16.6. The molecule has 8 nitrogen and oxygen atoms in total. The van der Waals surface area contributed by atoms with Crippen LogP contribution in [-0.2, 0) is 9.72 Å². The van der Waals surface area contributed by atoms with E-state index in [1.165, 1.54) is 0 Å². The SMILES string of the molecule is C=CCOc1c(C)cc(Oc2c(C)cc(Oc3ccc(C(C)(c4cc(C)c(Oc5cc(C)c(Oc6cc(C)c(OCC=C)c(C)c6)c(C)c5)c(C)c4)P4(=O)Oc5ccccc5-c5ccccc54)cc3)cc2C)cc1C. The summed E-state index contributed by atoms with van der Waals surface area (Å²) in [7, 11) is -3.86. The number of hydrogen-bond donors (Lipinski definition) is 0. The second-order valence-corrected chi connectivity index (χ2v) is 22.5. The molecule has 1 heterocycles. The van der Waals surface area contributed by atoms with Crippen LogP contribution in [0.25, 0.3) is 11.1 Å². The zero-order valence-corrected chi connectivity index (χ0v) is 45.8. The first-order valence-corrected chi connectivity index (χ1v) is 26.9. The van der Waals surface area contributed by atoms with Crippen LogP contribution >= 0.6 is 7.37 Å². The first kappa shape index (κ1) is 52.0. The molecule has 0 amide bonds. The Balaban J connectivity index is 1.04. The van der Waals surface area contributed by atoms with Crippen molar-refractivity contribution in [2.45, 2.75) is 81.3 Å². The van der Waals surface area contributed by atoms with Gasteiger partial charge in [-0.1, -0.05) is 86.0 Å². The van der Waals surface area contributed by atoms with Gasteiger partial charge >= 0.3 is 0 Å². The predicted octanol–water partition coefficient (Wildman–Crippen LogP) is 18.0. The number of para-hydroxylation sites is 1. The van der Waals surface area contributed by atoms with Crippen LogP contribution in [-0.4, -0.2) is 13.2 Å². The van der Waals surface area contributed by atoms with Crippen molar-refractivity contribution in [1.82, 2.24) is 0 Å². The van der Waals surface area contributed by atoms with Crippen molar-refractivity contribution in [2.75, 3.05) is 13.2 Å². The molecule has 0 spiro atoms. The predicted molar refractivity (Wildman–Crippen MR) is 304 cm³/mol. The van der Waals surface area contributed by atoms with Gasteiger partial charge in [0.1, 0.15) is 81.6 Å². The van der Waals surface area contributed by atoms with Crippen molar-refractivity contribution < 1.29 is 37.5 Å². The van der Waals surface area contributed by atoms with Crippen molar-refractivity contribution in [1.29, 1.82) is 0 Å². The molecule has 75 heavy (non-hydrogen) atoms. The third-order valence-electron chi connectivity index (χ3n) is 14.0. The fourth-order valence-corrected chi connectivity index (χ4v) is 13.4. The van der Waals surface area contributed by atoms with Gasteiger partial charge in [-0.2, -0.15) is 0 Å². The molecule has 0 aliphatic carbocycles. The van der Waals surface area contributed by atoms with Gasteiger partial charge in [-0.05, 0) is 221 Å². The van der Waals surface area contributed by atoms with Gasteiger partial charge in [0.25, 0.3) is 7.37 Å². The van der Waals surface area contributed by atoms with E-state index in [0.717, 1.165) is 112 Å². The molecule has 1 aliphatic rings. The van der Waals surface area contributed by atoms with Crippen LogP contribution in [0.5, 0.6) is 63.2 Å². The van der Waals surface area contributed by atoms with E-state index >= 15 is 4.57 Å². The van der Waals surface area contributed by atoms with E-state index in [0.29, 0.717) is 47.3 Å². The first-order chi connectivity index (χ1) is 35.9. The Morgan fingerprint density at radius 1 is 0.427 bits per heavy atom. The van der Waals surface area contributed by atoms with Gasteiger partial charge in [-0.3, -0.25) is 4.57 Å². The second kappa shape index (κ2) is 21.1. The third-order valence-corrected chi connectivity index (χ3v) is 17.1. The van der Waals surface area contributed by atoms with Gasteiger partial charge in [0, 0.05) is 5.56 Å². The molecular formula is C66H65O8P. The minimum Gasteiger partial charge on any atom is -0.489 e. The molecule has 0 fully saturated rings. The lowest BCUT2D eigenvalue weighted by atomic mass is 9.89. The highest BCUT2D eigenvalue weighted by Gasteiger charge is 2.54. The number of rotatable bonds is 17. The lowest BCUT2D eigenvalue weighted by Crippen LogP contribution is -2.34. The van der Waals surface area contributed by atoms with E-state index < -0.39 is 12.5 Å². The highest BCUT2D eigenvalue weighted by molar-refractivity contribution is 7.69. The largest absolute Gasteiger partial charge is 0.489 e. The molecule has 0 saturated heterocycles. The molecular weight excluding hydrogens is 952 g/mol. The maximum Gasteiger partial charge on any atom is 0.292 e. The number of fused-ring (bicyclic) bond motifs is 3. The Labute approximate surface area is 442 Å². The fraction of sp³-hybridized carbons (Fsp3) is 0.212. The molecule has 2 unspecified atom stereocenters. The second-order valence-electron chi connectivity index (χ2n) is 19.8. The molecule has 9 rings (SSSR count). The zero-order valence-electron chi connectivity index (χ0n) is 44.9. The molecule has 0 N–H and O–H groups in total. The van der Waals surface area contributed by atoms with E-state index in [-0.39, 0.29) is 0 Å². The van der Waals surface area contributed by atoms with Crippen LogP contribution in [0.15, 0.2) is 159 Å². The van der Waals surface area contributed by atoms with Crippen LogP contribution < -0.4 is 38.2 Å². The minimum absolute atomic E-state index is 0.436. The number of benzene rings is 8. The van der Waals surface area contributed by atoms with E-state index in [1.54, 1.807) is 12.2 Å². The molecule has 2 atom stereocenters. The zero-order chi connectivity index (χ0) is 53.3. The van der Waals surface area contributed by atoms with Crippen molar-refractivity contribution in [3.63, 3.8) is 0 Å².